The van der Waals surface area contributed by atoms with Gasteiger partial charge in [0.15, 0.2) is 0 Å². The third-order valence-corrected chi connectivity index (χ3v) is 7.34. The summed E-state index contributed by atoms with van der Waals surface area (Å²) in [5.74, 6) is 3.15. The molecule has 26 heavy (non-hydrogen) atoms. The normalized spacial score (nSPS) is 29.8. The van der Waals surface area contributed by atoms with E-state index in [1.165, 1.54) is 116 Å². The first-order valence-corrected chi connectivity index (χ1v) is 12.4. The molecule has 0 aliphatic heterocycles. The molecule has 1 nitrogen and oxygen atoms in total. The molecular weight excluding hydrogens is 316 g/mol. The van der Waals surface area contributed by atoms with E-state index in [0.717, 1.165) is 24.4 Å². The molecule has 0 aromatic heterocycles. The number of hydrogen-bond donors (Lipinski definition) is 0. The Labute approximate surface area is 165 Å². The van der Waals surface area contributed by atoms with E-state index in [0.29, 0.717) is 6.10 Å². The van der Waals surface area contributed by atoms with Crippen molar-refractivity contribution < 1.29 is 4.74 Å². The van der Waals surface area contributed by atoms with Gasteiger partial charge in [-0.25, -0.2) is 0 Å². The zero-order valence-electron chi connectivity index (χ0n) is 18.2. The lowest BCUT2D eigenvalue weighted by atomic mass is 9.70. The van der Waals surface area contributed by atoms with Gasteiger partial charge in [0.05, 0.1) is 6.10 Å². The van der Waals surface area contributed by atoms with E-state index in [4.69, 9.17) is 4.74 Å². The fraction of sp³-hybridized carbons (Fsp3) is 1.00. The van der Waals surface area contributed by atoms with Gasteiger partial charge in [-0.1, -0.05) is 84.5 Å². The standard InChI is InChI=1S/C25H48O/c1-3-5-7-9-10-12-22-13-15-23(16-14-22)24-17-19-25(20-18-24)26-21-11-8-6-4-2/h22-25H,3-21H2,1-2H3. The zero-order chi connectivity index (χ0) is 18.5. The lowest BCUT2D eigenvalue weighted by molar-refractivity contribution is 0.00529. The molecule has 0 amide bonds. The van der Waals surface area contributed by atoms with Crippen molar-refractivity contribution in [2.45, 2.75) is 136 Å². The minimum absolute atomic E-state index is 0.590. The summed E-state index contributed by atoms with van der Waals surface area (Å²) in [6, 6.07) is 0. The second kappa shape index (κ2) is 14.0. The van der Waals surface area contributed by atoms with Gasteiger partial charge in [-0.05, 0) is 62.7 Å². The molecule has 0 atom stereocenters. The summed E-state index contributed by atoms with van der Waals surface area (Å²) >= 11 is 0. The summed E-state index contributed by atoms with van der Waals surface area (Å²) in [7, 11) is 0. The predicted molar refractivity (Wildman–Crippen MR) is 115 cm³/mol. The van der Waals surface area contributed by atoms with Gasteiger partial charge in [-0.2, -0.15) is 0 Å². The van der Waals surface area contributed by atoms with Crippen LogP contribution in [-0.2, 0) is 4.74 Å². The largest absolute Gasteiger partial charge is 0.378 e. The lowest BCUT2D eigenvalue weighted by Gasteiger charge is -2.38. The number of hydrogen-bond acceptors (Lipinski definition) is 1. The van der Waals surface area contributed by atoms with Crippen molar-refractivity contribution in [2.24, 2.45) is 17.8 Å². The third-order valence-electron chi connectivity index (χ3n) is 7.34. The van der Waals surface area contributed by atoms with Gasteiger partial charge in [0, 0.05) is 6.61 Å². The molecule has 0 saturated heterocycles. The van der Waals surface area contributed by atoms with Crippen LogP contribution >= 0.6 is 0 Å². The van der Waals surface area contributed by atoms with Crippen molar-refractivity contribution in [1.29, 1.82) is 0 Å². The van der Waals surface area contributed by atoms with Crippen LogP contribution in [0.25, 0.3) is 0 Å². The van der Waals surface area contributed by atoms with E-state index in [9.17, 15) is 0 Å². The predicted octanol–water partition coefficient (Wildman–Crippen LogP) is 8.31. The Balaban J connectivity index is 1.50. The molecule has 2 rings (SSSR count). The lowest BCUT2D eigenvalue weighted by Crippen LogP contribution is -2.28. The molecule has 0 heterocycles. The van der Waals surface area contributed by atoms with Crippen LogP contribution in [0, 0.1) is 17.8 Å². The van der Waals surface area contributed by atoms with Crippen LogP contribution in [0.5, 0.6) is 0 Å². The van der Waals surface area contributed by atoms with Gasteiger partial charge in [0.1, 0.15) is 0 Å². The second-order valence-corrected chi connectivity index (χ2v) is 9.45. The molecular formula is C25H48O. The average Bonchev–Trinajstić information content (AvgIpc) is 2.69. The summed E-state index contributed by atoms with van der Waals surface area (Å²) in [5, 5.41) is 0. The summed E-state index contributed by atoms with van der Waals surface area (Å²) in [6.45, 7) is 5.61. The Morgan fingerprint density at radius 2 is 1.12 bits per heavy atom. The first-order chi connectivity index (χ1) is 12.8. The number of rotatable bonds is 13. The Morgan fingerprint density at radius 1 is 0.577 bits per heavy atom. The highest BCUT2D eigenvalue weighted by Gasteiger charge is 2.30. The quantitative estimate of drug-likeness (QED) is 0.298. The molecule has 2 aliphatic rings. The van der Waals surface area contributed by atoms with E-state index in [1.807, 2.05) is 0 Å². The van der Waals surface area contributed by atoms with E-state index in [2.05, 4.69) is 13.8 Å². The van der Waals surface area contributed by atoms with Crippen LogP contribution in [-0.4, -0.2) is 12.7 Å². The van der Waals surface area contributed by atoms with Crippen LogP contribution in [0.4, 0.5) is 0 Å². The molecule has 0 aromatic carbocycles. The van der Waals surface area contributed by atoms with Gasteiger partial charge in [0.2, 0.25) is 0 Å². The molecule has 0 unspecified atom stereocenters. The smallest absolute Gasteiger partial charge is 0.0575 e. The van der Waals surface area contributed by atoms with Crippen LogP contribution < -0.4 is 0 Å². The summed E-state index contributed by atoms with van der Waals surface area (Å²) in [6.07, 6.45) is 26.4. The van der Waals surface area contributed by atoms with Crippen LogP contribution in [0.2, 0.25) is 0 Å². The van der Waals surface area contributed by atoms with Gasteiger partial charge in [-0.3, -0.25) is 0 Å². The summed E-state index contributed by atoms with van der Waals surface area (Å²) in [5.41, 5.74) is 0. The maximum atomic E-state index is 6.15. The first-order valence-electron chi connectivity index (χ1n) is 12.4. The Bertz CT molecular complexity index is 278. The first kappa shape index (κ1) is 22.3. The molecule has 2 aliphatic carbocycles. The monoisotopic (exact) mass is 364 g/mol. The highest BCUT2D eigenvalue weighted by molar-refractivity contribution is 4.82. The van der Waals surface area contributed by atoms with Crippen molar-refractivity contribution in [3.8, 4) is 0 Å². The maximum Gasteiger partial charge on any atom is 0.0575 e. The fourth-order valence-corrected chi connectivity index (χ4v) is 5.49. The molecule has 0 aromatic rings. The van der Waals surface area contributed by atoms with Crippen molar-refractivity contribution >= 4 is 0 Å². The van der Waals surface area contributed by atoms with Crippen molar-refractivity contribution in [3.63, 3.8) is 0 Å². The van der Waals surface area contributed by atoms with Gasteiger partial charge in [0.25, 0.3) is 0 Å². The van der Waals surface area contributed by atoms with Crippen LogP contribution in [0.15, 0.2) is 0 Å². The van der Waals surface area contributed by atoms with E-state index < -0.39 is 0 Å². The number of unbranched alkanes of at least 4 members (excludes halogenated alkanes) is 7. The van der Waals surface area contributed by atoms with Gasteiger partial charge < -0.3 is 4.74 Å². The topological polar surface area (TPSA) is 9.23 Å². The molecule has 2 saturated carbocycles. The molecule has 0 bridgehead atoms. The maximum absolute atomic E-state index is 6.15. The third kappa shape index (κ3) is 8.77. The van der Waals surface area contributed by atoms with E-state index >= 15 is 0 Å². The molecule has 1 heteroatoms. The Hall–Kier alpha value is -0.0400. The average molecular weight is 365 g/mol. The SMILES string of the molecule is CCCCCCCC1CCC(C2CCC(OCCCCCC)CC2)CC1. The highest BCUT2D eigenvalue weighted by Crippen LogP contribution is 2.41. The van der Waals surface area contributed by atoms with Crippen molar-refractivity contribution in [1.82, 2.24) is 0 Å². The molecule has 2 fully saturated rings. The molecule has 154 valence electrons. The minimum atomic E-state index is 0.590. The Morgan fingerprint density at radius 3 is 1.73 bits per heavy atom. The van der Waals surface area contributed by atoms with Gasteiger partial charge in [-0.15, -0.1) is 0 Å². The highest BCUT2D eigenvalue weighted by atomic mass is 16.5. The van der Waals surface area contributed by atoms with Crippen LogP contribution in [0.1, 0.15) is 129 Å². The molecule has 0 N–H and O–H groups in total. The zero-order valence-corrected chi connectivity index (χ0v) is 18.2. The van der Waals surface area contributed by atoms with Crippen molar-refractivity contribution in [3.05, 3.63) is 0 Å². The van der Waals surface area contributed by atoms with Crippen LogP contribution in [0.3, 0.4) is 0 Å². The molecule has 0 spiro atoms. The fourth-order valence-electron chi connectivity index (χ4n) is 5.49. The second-order valence-electron chi connectivity index (χ2n) is 9.45. The van der Waals surface area contributed by atoms with Crippen molar-refractivity contribution in [2.75, 3.05) is 6.61 Å². The van der Waals surface area contributed by atoms with E-state index in [1.54, 1.807) is 0 Å². The van der Waals surface area contributed by atoms with E-state index in [-0.39, 0.29) is 0 Å². The summed E-state index contributed by atoms with van der Waals surface area (Å²) < 4.78 is 6.15. The van der Waals surface area contributed by atoms with Gasteiger partial charge >= 0.3 is 0 Å². The minimum Gasteiger partial charge on any atom is -0.378 e. The Kier molecular flexibility index (Phi) is 12.0. The summed E-state index contributed by atoms with van der Waals surface area (Å²) in [4.78, 5) is 0. The number of ether oxygens (including phenoxy) is 1. The molecule has 0 radical (unpaired) electrons.